The van der Waals surface area contributed by atoms with E-state index in [1.165, 1.54) is 5.56 Å². The zero-order valence-corrected chi connectivity index (χ0v) is 15.4. The Hall–Kier alpha value is -2.14. The Kier molecular flexibility index (Phi) is 5.87. The van der Waals surface area contributed by atoms with E-state index in [1.807, 2.05) is 41.3 Å². The Morgan fingerprint density at radius 1 is 1.12 bits per heavy atom. The number of aryl methyl sites for hydroxylation is 1. The molecule has 4 nitrogen and oxygen atoms in total. The zero-order valence-electron chi connectivity index (χ0n) is 14.6. The van der Waals surface area contributed by atoms with Crippen molar-refractivity contribution in [3.05, 3.63) is 59.7 Å². The summed E-state index contributed by atoms with van der Waals surface area (Å²) in [7, 11) is 3.27. The first-order chi connectivity index (χ1) is 12.2. The molecule has 2 aromatic rings. The Morgan fingerprint density at radius 2 is 1.92 bits per heavy atom. The molecule has 5 heteroatoms. The van der Waals surface area contributed by atoms with Crippen molar-refractivity contribution in [2.75, 3.05) is 26.5 Å². The van der Waals surface area contributed by atoms with Crippen LogP contribution in [0.25, 0.3) is 0 Å². The second-order valence-corrected chi connectivity index (χ2v) is 7.07. The predicted molar refractivity (Wildman–Crippen MR) is 101 cm³/mol. The van der Waals surface area contributed by atoms with Crippen LogP contribution in [0.3, 0.4) is 0 Å². The Bertz CT molecular complexity index is 720. The fourth-order valence-electron chi connectivity index (χ4n) is 3.13. The molecule has 1 aliphatic rings. The summed E-state index contributed by atoms with van der Waals surface area (Å²) in [5, 5.41) is -0.0201. The van der Waals surface area contributed by atoms with Gasteiger partial charge in [0.15, 0.2) is 11.5 Å². The van der Waals surface area contributed by atoms with Crippen LogP contribution in [0.15, 0.2) is 48.5 Å². The molecular formula is C20H23NO3S. The number of carbonyl (C=O) groups is 1. The molecule has 0 spiro atoms. The average molecular weight is 357 g/mol. The summed E-state index contributed by atoms with van der Waals surface area (Å²) in [5.41, 5.74) is 2.19. The van der Waals surface area contributed by atoms with E-state index in [1.54, 1.807) is 26.0 Å². The monoisotopic (exact) mass is 357 g/mol. The molecule has 1 saturated heterocycles. The van der Waals surface area contributed by atoms with Gasteiger partial charge in [0.05, 0.1) is 14.2 Å². The van der Waals surface area contributed by atoms with Gasteiger partial charge in [-0.25, -0.2) is 0 Å². The average Bonchev–Trinajstić information content (AvgIpc) is 3.15. The molecule has 1 fully saturated rings. The summed E-state index contributed by atoms with van der Waals surface area (Å²) >= 11 is 1.77. The Morgan fingerprint density at radius 3 is 2.64 bits per heavy atom. The highest BCUT2D eigenvalue weighted by atomic mass is 32.2. The number of rotatable bonds is 6. The number of amides is 1. The van der Waals surface area contributed by atoms with E-state index in [0.29, 0.717) is 17.9 Å². The van der Waals surface area contributed by atoms with E-state index >= 15 is 0 Å². The van der Waals surface area contributed by atoms with Crippen LogP contribution in [0, 0.1) is 0 Å². The van der Waals surface area contributed by atoms with Crippen molar-refractivity contribution in [2.24, 2.45) is 0 Å². The van der Waals surface area contributed by atoms with Gasteiger partial charge in [0, 0.05) is 24.3 Å². The van der Waals surface area contributed by atoms with Gasteiger partial charge >= 0.3 is 0 Å². The number of para-hydroxylation sites is 1. The van der Waals surface area contributed by atoms with Crippen LogP contribution >= 0.6 is 11.8 Å². The third kappa shape index (κ3) is 3.93. The van der Waals surface area contributed by atoms with Crippen LogP contribution in [-0.4, -0.2) is 37.3 Å². The molecule has 3 rings (SSSR count). The maximum absolute atomic E-state index is 12.8. The summed E-state index contributed by atoms with van der Waals surface area (Å²) in [6.45, 7) is 0.767. The topological polar surface area (TPSA) is 38.8 Å². The number of hydrogen-bond acceptors (Lipinski definition) is 4. The fourth-order valence-corrected chi connectivity index (χ4v) is 4.42. The molecule has 0 bridgehead atoms. The summed E-state index contributed by atoms with van der Waals surface area (Å²) in [4.78, 5) is 14.8. The lowest BCUT2D eigenvalue weighted by atomic mass is 10.1. The minimum absolute atomic E-state index is 0.0201. The SMILES string of the molecule is COc1cccc([C@@H]2SCCN2C(=O)CCc2ccccc2)c1OC. The highest BCUT2D eigenvalue weighted by molar-refractivity contribution is 7.99. The normalized spacial score (nSPS) is 16.7. The molecule has 0 unspecified atom stereocenters. The molecular weight excluding hydrogens is 334 g/mol. The van der Waals surface area contributed by atoms with Crippen molar-refractivity contribution in [3.63, 3.8) is 0 Å². The first kappa shape index (κ1) is 17.7. The Balaban J connectivity index is 1.75. The smallest absolute Gasteiger partial charge is 0.224 e. The van der Waals surface area contributed by atoms with Crippen LogP contribution in [0.5, 0.6) is 11.5 Å². The third-order valence-electron chi connectivity index (χ3n) is 4.38. The van der Waals surface area contributed by atoms with Crippen molar-refractivity contribution in [2.45, 2.75) is 18.2 Å². The van der Waals surface area contributed by atoms with Crippen molar-refractivity contribution in [1.29, 1.82) is 0 Å². The van der Waals surface area contributed by atoms with Gasteiger partial charge in [0.1, 0.15) is 5.37 Å². The first-order valence-corrected chi connectivity index (χ1v) is 9.45. The number of benzene rings is 2. The lowest BCUT2D eigenvalue weighted by molar-refractivity contribution is -0.131. The third-order valence-corrected chi connectivity index (χ3v) is 5.62. The summed E-state index contributed by atoms with van der Waals surface area (Å²) in [6.07, 6.45) is 1.29. The molecule has 2 aromatic carbocycles. The lowest BCUT2D eigenvalue weighted by Crippen LogP contribution is -2.30. The van der Waals surface area contributed by atoms with Gasteiger partial charge in [0.2, 0.25) is 5.91 Å². The van der Waals surface area contributed by atoms with E-state index in [-0.39, 0.29) is 11.3 Å². The highest BCUT2D eigenvalue weighted by Gasteiger charge is 2.33. The first-order valence-electron chi connectivity index (χ1n) is 8.40. The lowest BCUT2D eigenvalue weighted by Gasteiger charge is -2.26. The Labute approximate surface area is 153 Å². The van der Waals surface area contributed by atoms with Crippen LogP contribution in [-0.2, 0) is 11.2 Å². The van der Waals surface area contributed by atoms with Gasteiger partial charge in [-0.05, 0) is 18.1 Å². The van der Waals surface area contributed by atoms with E-state index in [9.17, 15) is 4.79 Å². The van der Waals surface area contributed by atoms with E-state index in [2.05, 4.69) is 12.1 Å². The quantitative estimate of drug-likeness (QED) is 0.786. The number of ether oxygens (including phenoxy) is 2. The number of hydrogen-bond donors (Lipinski definition) is 0. The highest BCUT2D eigenvalue weighted by Crippen LogP contribution is 2.45. The zero-order chi connectivity index (χ0) is 17.6. The van der Waals surface area contributed by atoms with Gasteiger partial charge in [-0.15, -0.1) is 11.8 Å². The van der Waals surface area contributed by atoms with Crippen molar-refractivity contribution in [3.8, 4) is 11.5 Å². The van der Waals surface area contributed by atoms with Gasteiger partial charge in [-0.1, -0.05) is 42.5 Å². The fraction of sp³-hybridized carbons (Fsp3) is 0.350. The van der Waals surface area contributed by atoms with Gasteiger partial charge in [-0.3, -0.25) is 4.79 Å². The minimum atomic E-state index is -0.0201. The van der Waals surface area contributed by atoms with Gasteiger partial charge < -0.3 is 14.4 Å². The van der Waals surface area contributed by atoms with Gasteiger partial charge in [0.25, 0.3) is 0 Å². The molecule has 1 atom stereocenters. The predicted octanol–water partition coefficient (Wildman–Crippen LogP) is 3.91. The number of carbonyl (C=O) groups excluding carboxylic acids is 1. The number of nitrogens with zero attached hydrogens (tertiary/aromatic N) is 1. The number of thioether (sulfide) groups is 1. The molecule has 0 aromatic heterocycles. The molecule has 0 saturated carbocycles. The van der Waals surface area contributed by atoms with Gasteiger partial charge in [-0.2, -0.15) is 0 Å². The molecule has 0 aliphatic carbocycles. The molecule has 25 heavy (non-hydrogen) atoms. The van der Waals surface area contributed by atoms with Crippen molar-refractivity contribution >= 4 is 17.7 Å². The standard InChI is InChI=1S/C20H23NO3S/c1-23-17-10-6-9-16(19(17)24-2)20-21(13-14-25-20)18(22)12-11-15-7-4-3-5-8-15/h3-10,20H,11-14H2,1-2H3/t20-/m0/s1. The summed E-state index contributed by atoms with van der Waals surface area (Å²) < 4.78 is 11.0. The van der Waals surface area contributed by atoms with Crippen LogP contribution < -0.4 is 9.47 Å². The van der Waals surface area contributed by atoms with Crippen molar-refractivity contribution in [1.82, 2.24) is 4.90 Å². The molecule has 1 aliphatic heterocycles. The van der Waals surface area contributed by atoms with E-state index < -0.39 is 0 Å². The molecule has 0 radical (unpaired) electrons. The van der Waals surface area contributed by atoms with Crippen LogP contribution in [0.4, 0.5) is 0 Å². The molecule has 1 amide bonds. The van der Waals surface area contributed by atoms with Crippen molar-refractivity contribution < 1.29 is 14.3 Å². The van der Waals surface area contributed by atoms with E-state index in [0.717, 1.165) is 24.3 Å². The van der Waals surface area contributed by atoms with Crippen LogP contribution in [0.1, 0.15) is 22.9 Å². The summed E-state index contributed by atoms with van der Waals surface area (Å²) in [5.74, 6) is 2.53. The molecule has 132 valence electrons. The molecule has 1 heterocycles. The van der Waals surface area contributed by atoms with E-state index in [4.69, 9.17) is 9.47 Å². The van der Waals surface area contributed by atoms with Crippen LogP contribution in [0.2, 0.25) is 0 Å². The summed E-state index contributed by atoms with van der Waals surface area (Å²) in [6, 6.07) is 16.0. The second-order valence-electron chi connectivity index (χ2n) is 5.88. The maximum Gasteiger partial charge on any atom is 0.224 e. The number of methoxy groups -OCH3 is 2. The molecule has 0 N–H and O–H groups in total. The second kappa shape index (κ2) is 8.30. The largest absolute Gasteiger partial charge is 0.493 e. The minimum Gasteiger partial charge on any atom is -0.493 e. The maximum atomic E-state index is 12.8.